The van der Waals surface area contributed by atoms with E-state index < -0.39 is 0 Å². The van der Waals surface area contributed by atoms with Gasteiger partial charge in [0.1, 0.15) is 4.64 Å². The van der Waals surface area contributed by atoms with Crippen LogP contribution in [0.5, 0.6) is 0 Å². The number of rotatable bonds is 2. The molecule has 2 aliphatic rings. The van der Waals surface area contributed by atoms with Crippen molar-refractivity contribution in [3.05, 3.63) is 16.4 Å². The summed E-state index contributed by atoms with van der Waals surface area (Å²) >= 11 is 5.48. The first-order valence-corrected chi connectivity index (χ1v) is 7.07. The van der Waals surface area contributed by atoms with Crippen molar-refractivity contribution in [2.75, 3.05) is 0 Å². The second-order valence-corrected chi connectivity index (χ2v) is 5.76. The van der Waals surface area contributed by atoms with E-state index in [9.17, 15) is 0 Å². The van der Waals surface area contributed by atoms with E-state index in [-0.39, 0.29) is 0 Å². The first-order chi connectivity index (χ1) is 7.84. The van der Waals surface area contributed by atoms with E-state index in [4.69, 9.17) is 12.2 Å². The van der Waals surface area contributed by atoms with Crippen molar-refractivity contribution in [3.63, 3.8) is 0 Å². The molecule has 2 saturated carbocycles. The Kier molecular flexibility index (Phi) is 2.88. The van der Waals surface area contributed by atoms with Crippen LogP contribution in [-0.2, 0) is 0 Å². The fourth-order valence-corrected chi connectivity index (χ4v) is 3.14. The van der Waals surface area contributed by atoms with Crippen LogP contribution in [0.1, 0.15) is 69.0 Å². The summed E-state index contributed by atoms with van der Waals surface area (Å²) < 4.78 is 3.29. The highest BCUT2D eigenvalue weighted by Crippen LogP contribution is 2.39. The highest BCUT2D eigenvalue weighted by Gasteiger charge is 2.26. The second kappa shape index (κ2) is 4.36. The lowest BCUT2D eigenvalue weighted by molar-refractivity contribution is 0.399. The van der Waals surface area contributed by atoms with E-state index in [1.807, 2.05) is 0 Å². The monoisotopic (exact) mass is 236 g/mol. The molecule has 0 saturated heterocycles. The highest BCUT2D eigenvalue weighted by molar-refractivity contribution is 7.71. The number of aromatic nitrogens is 2. The van der Waals surface area contributed by atoms with Gasteiger partial charge in [-0.15, -0.1) is 0 Å². The lowest BCUT2D eigenvalue weighted by Gasteiger charge is -2.15. The summed E-state index contributed by atoms with van der Waals surface area (Å²) in [5, 5.41) is 3.55. The van der Waals surface area contributed by atoms with Crippen LogP contribution in [0.3, 0.4) is 0 Å². The minimum atomic E-state index is 0.641. The van der Waals surface area contributed by atoms with Gasteiger partial charge in [0.25, 0.3) is 0 Å². The number of nitrogens with zero attached hydrogens (tertiary/aromatic N) is 1. The number of nitrogens with one attached hydrogen (secondary N) is 1. The number of hydrogen-bond donors (Lipinski definition) is 1. The lowest BCUT2D eigenvalue weighted by Crippen LogP contribution is -2.10. The first kappa shape index (κ1) is 10.6. The van der Waals surface area contributed by atoms with Crippen LogP contribution >= 0.6 is 12.2 Å². The van der Waals surface area contributed by atoms with Crippen LogP contribution in [0.15, 0.2) is 6.07 Å². The Bertz CT molecular complexity index is 406. The summed E-state index contributed by atoms with van der Waals surface area (Å²) in [6.07, 6.45) is 10.8. The maximum atomic E-state index is 5.48. The third-order valence-corrected chi connectivity index (χ3v) is 4.29. The van der Waals surface area contributed by atoms with Crippen molar-refractivity contribution in [3.8, 4) is 0 Å². The Morgan fingerprint density at radius 2 is 1.75 bits per heavy atom. The number of aromatic amines is 1. The van der Waals surface area contributed by atoms with Crippen LogP contribution in [0.2, 0.25) is 0 Å². The molecule has 1 heterocycles. The molecule has 0 amide bonds. The van der Waals surface area contributed by atoms with E-state index in [0.29, 0.717) is 6.04 Å². The molecule has 2 nitrogen and oxygen atoms in total. The molecule has 1 aromatic rings. The van der Waals surface area contributed by atoms with Crippen LogP contribution < -0.4 is 0 Å². The van der Waals surface area contributed by atoms with E-state index in [0.717, 1.165) is 10.6 Å². The van der Waals surface area contributed by atoms with Gasteiger partial charge >= 0.3 is 0 Å². The zero-order valence-corrected chi connectivity index (χ0v) is 10.6. The maximum absolute atomic E-state index is 5.48. The van der Waals surface area contributed by atoms with Gasteiger partial charge in [0.15, 0.2) is 0 Å². The summed E-state index contributed by atoms with van der Waals surface area (Å²) in [6.45, 7) is 0. The van der Waals surface area contributed by atoms with Gasteiger partial charge in [-0.3, -0.25) is 4.68 Å². The van der Waals surface area contributed by atoms with Crippen molar-refractivity contribution in [2.45, 2.75) is 63.3 Å². The molecule has 0 aromatic carbocycles. The zero-order chi connectivity index (χ0) is 11.0. The average molecular weight is 236 g/mol. The van der Waals surface area contributed by atoms with Crippen LogP contribution in [0.25, 0.3) is 0 Å². The third-order valence-electron chi connectivity index (χ3n) is 3.97. The van der Waals surface area contributed by atoms with Crippen molar-refractivity contribution in [1.82, 2.24) is 9.78 Å². The largest absolute Gasteiger partial charge is 0.301 e. The van der Waals surface area contributed by atoms with Crippen molar-refractivity contribution in [1.29, 1.82) is 0 Å². The topological polar surface area (TPSA) is 20.7 Å². The summed E-state index contributed by atoms with van der Waals surface area (Å²) in [7, 11) is 0. The van der Waals surface area contributed by atoms with Gasteiger partial charge in [0, 0.05) is 11.6 Å². The predicted molar refractivity (Wildman–Crippen MR) is 68.3 cm³/mol. The molecule has 0 unspecified atom stereocenters. The molecule has 88 valence electrons. The Balaban J connectivity index is 1.83. The van der Waals surface area contributed by atoms with Crippen molar-refractivity contribution in [2.24, 2.45) is 0 Å². The van der Waals surface area contributed by atoms with E-state index in [1.54, 1.807) is 0 Å². The second-order valence-electron chi connectivity index (χ2n) is 5.34. The van der Waals surface area contributed by atoms with Gasteiger partial charge in [-0.2, -0.15) is 0 Å². The Labute approximate surface area is 102 Å². The molecule has 1 aromatic heterocycles. The van der Waals surface area contributed by atoms with Crippen LogP contribution in [0, 0.1) is 4.64 Å². The normalized spacial score (nSPS) is 23.2. The molecule has 0 bridgehead atoms. The maximum Gasteiger partial charge on any atom is 0.122 e. The number of H-pyrrole nitrogens is 1. The van der Waals surface area contributed by atoms with Gasteiger partial charge in [0.05, 0.1) is 6.04 Å². The molecule has 3 heteroatoms. The van der Waals surface area contributed by atoms with Gasteiger partial charge in [0.2, 0.25) is 0 Å². The van der Waals surface area contributed by atoms with Gasteiger partial charge in [-0.1, -0.05) is 37.9 Å². The van der Waals surface area contributed by atoms with Crippen LogP contribution in [0.4, 0.5) is 0 Å². The molecular weight excluding hydrogens is 216 g/mol. The molecule has 0 radical (unpaired) electrons. The highest BCUT2D eigenvalue weighted by atomic mass is 32.1. The van der Waals surface area contributed by atoms with Gasteiger partial charge < -0.3 is 5.10 Å². The van der Waals surface area contributed by atoms with Crippen LogP contribution in [-0.4, -0.2) is 9.78 Å². The minimum Gasteiger partial charge on any atom is -0.301 e. The standard InChI is InChI=1S/C13H20N2S/c16-13-9-12(10-7-8-10)14-15(13)11-5-3-1-2-4-6-11/h9-11,14H,1-8H2. The molecular formula is C13H20N2S. The smallest absolute Gasteiger partial charge is 0.122 e. The predicted octanol–water partition coefficient (Wildman–Crippen LogP) is 4.32. The van der Waals surface area contributed by atoms with E-state index in [1.165, 1.54) is 57.1 Å². The summed E-state index contributed by atoms with van der Waals surface area (Å²) in [6, 6.07) is 2.83. The minimum absolute atomic E-state index is 0.641. The van der Waals surface area contributed by atoms with E-state index >= 15 is 0 Å². The molecule has 0 atom stereocenters. The Morgan fingerprint density at radius 1 is 1.06 bits per heavy atom. The van der Waals surface area contributed by atoms with Gasteiger partial charge in [-0.05, 0) is 31.7 Å². The summed E-state index contributed by atoms with van der Waals surface area (Å²) in [5.74, 6) is 0.786. The first-order valence-electron chi connectivity index (χ1n) is 6.66. The number of hydrogen-bond acceptors (Lipinski definition) is 1. The molecule has 2 aliphatic carbocycles. The summed E-state index contributed by atoms with van der Waals surface area (Å²) in [5.41, 5.74) is 1.38. The SMILES string of the molecule is S=c1cc(C2CC2)[nH]n1C1CCCCCC1. The fourth-order valence-electron chi connectivity index (χ4n) is 2.82. The van der Waals surface area contributed by atoms with E-state index in [2.05, 4.69) is 15.8 Å². The quantitative estimate of drug-likeness (QED) is 0.599. The molecule has 3 rings (SSSR count). The zero-order valence-electron chi connectivity index (χ0n) is 9.74. The Morgan fingerprint density at radius 3 is 2.38 bits per heavy atom. The molecule has 16 heavy (non-hydrogen) atoms. The average Bonchev–Trinajstić information content (AvgIpc) is 3.08. The third kappa shape index (κ3) is 2.10. The molecule has 1 N–H and O–H groups in total. The lowest BCUT2D eigenvalue weighted by atomic mass is 10.1. The summed E-state index contributed by atoms with van der Waals surface area (Å²) in [4.78, 5) is 0. The molecule has 0 spiro atoms. The molecule has 2 fully saturated rings. The molecule has 0 aliphatic heterocycles. The van der Waals surface area contributed by atoms with Gasteiger partial charge in [-0.25, -0.2) is 0 Å². The Hall–Kier alpha value is -0.570. The van der Waals surface area contributed by atoms with Crippen molar-refractivity contribution >= 4 is 12.2 Å². The van der Waals surface area contributed by atoms with Crippen molar-refractivity contribution < 1.29 is 0 Å². The fraction of sp³-hybridized carbons (Fsp3) is 0.769.